The normalized spacial score (nSPS) is 46.3. The number of thioether (sulfide) groups is 1. The van der Waals surface area contributed by atoms with E-state index in [1.54, 1.807) is 0 Å². The SMILES string of the molecule is CC1(C)CC[C@]2(CSc3ccccc3)CC[C@]3(C)[C@H](C(=O)C[C@@H]4[C@@]5(C)CC(C#N)C(=O)C(C)(C)[C@@H]5CC[C@]43C)[C@@H]2C1. The maximum Gasteiger partial charge on any atom is 0.155 e. The molecule has 3 nitrogen and oxygen atoms in total. The molecule has 0 N–H and O–H groups in total. The molecule has 5 fully saturated rings. The van der Waals surface area contributed by atoms with Gasteiger partial charge in [-0.2, -0.15) is 5.26 Å². The van der Waals surface area contributed by atoms with Crippen molar-refractivity contribution in [2.45, 2.75) is 111 Å². The number of rotatable bonds is 3. The van der Waals surface area contributed by atoms with Gasteiger partial charge in [-0.1, -0.05) is 66.7 Å². The molecule has 0 amide bonds. The summed E-state index contributed by atoms with van der Waals surface area (Å²) >= 11 is 2.01. The highest BCUT2D eigenvalue weighted by Crippen LogP contribution is 2.76. The summed E-state index contributed by atoms with van der Waals surface area (Å²) in [5.41, 5.74) is -0.219. The number of Topliss-reactive ketones (excluding diaryl/α,β-unsaturated/α-hetero) is 2. The maximum absolute atomic E-state index is 14.8. The first-order valence-electron chi connectivity index (χ1n) is 16.3. The van der Waals surface area contributed by atoms with E-state index < -0.39 is 11.3 Å². The van der Waals surface area contributed by atoms with Crippen molar-refractivity contribution in [3.63, 3.8) is 0 Å². The molecule has 5 aliphatic rings. The highest BCUT2D eigenvalue weighted by Gasteiger charge is 2.72. The Kier molecular flexibility index (Phi) is 6.79. The van der Waals surface area contributed by atoms with Crippen molar-refractivity contribution in [3.05, 3.63) is 30.3 Å². The van der Waals surface area contributed by atoms with Crippen LogP contribution in [0, 0.1) is 73.4 Å². The van der Waals surface area contributed by atoms with Crippen molar-refractivity contribution in [1.82, 2.24) is 0 Å². The van der Waals surface area contributed by atoms with Crippen LogP contribution in [0.25, 0.3) is 0 Å². The number of hydrogen-bond acceptors (Lipinski definition) is 4. The second-order valence-corrected chi connectivity index (χ2v) is 18.1. The van der Waals surface area contributed by atoms with E-state index in [1.807, 2.05) is 11.8 Å². The summed E-state index contributed by atoms with van der Waals surface area (Å²) in [7, 11) is 0. The zero-order valence-corrected chi connectivity index (χ0v) is 27.3. The van der Waals surface area contributed by atoms with E-state index in [9.17, 15) is 14.9 Å². The molecule has 9 atom stereocenters. The summed E-state index contributed by atoms with van der Waals surface area (Å²) in [6.07, 6.45) is 9.32. The van der Waals surface area contributed by atoms with Gasteiger partial charge in [-0.3, -0.25) is 9.59 Å². The third kappa shape index (κ3) is 4.10. The van der Waals surface area contributed by atoms with Gasteiger partial charge in [0.1, 0.15) is 11.7 Å². The first kappa shape index (κ1) is 29.5. The molecule has 0 radical (unpaired) electrons. The van der Waals surface area contributed by atoms with Crippen LogP contribution in [0.15, 0.2) is 35.2 Å². The van der Waals surface area contributed by atoms with Crippen LogP contribution in [0.2, 0.25) is 0 Å². The molecule has 41 heavy (non-hydrogen) atoms. The van der Waals surface area contributed by atoms with E-state index in [2.05, 4.69) is 84.9 Å². The third-order valence-corrected chi connectivity index (χ3v) is 15.7. The fraction of sp³-hybridized carbons (Fsp3) is 0.757. The lowest BCUT2D eigenvalue weighted by Gasteiger charge is -2.72. The van der Waals surface area contributed by atoms with Gasteiger partial charge in [-0.05, 0) is 108 Å². The second-order valence-electron chi connectivity index (χ2n) is 17.0. The molecule has 6 rings (SSSR count). The summed E-state index contributed by atoms with van der Waals surface area (Å²) < 4.78 is 0. The number of carbonyl (C=O) groups excluding carboxylic acids is 2. The van der Waals surface area contributed by atoms with Crippen molar-refractivity contribution in [2.24, 2.45) is 62.1 Å². The van der Waals surface area contributed by atoms with Crippen LogP contribution in [0.4, 0.5) is 0 Å². The Morgan fingerprint density at radius 2 is 1.54 bits per heavy atom. The molecule has 1 unspecified atom stereocenters. The maximum atomic E-state index is 14.8. The quantitative estimate of drug-likeness (QED) is 0.338. The number of benzene rings is 1. The van der Waals surface area contributed by atoms with Crippen LogP contribution in [0.1, 0.15) is 106 Å². The minimum Gasteiger partial charge on any atom is -0.299 e. The topological polar surface area (TPSA) is 57.9 Å². The zero-order valence-electron chi connectivity index (χ0n) is 26.5. The van der Waals surface area contributed by atoms with E-state index >= 15 is 0 Å². The van der Waals surface area contributed by atoms with Gasteiger partial charge < -0.3 is 0 Å². The summed E-state index contributed by atoms with van der Waals surface area (Å²) in [6.45, 7) is 16.4. The Bertz CT molecular complexity index is 1280. The van der Waals surface area contributed by atoms with Crippen molar-refractivity contribution in [3.8, 4) is 6.07 Å². The lowest BCUT2D eigenvalue weighted by Crippen LogP contribution is -2.69. The van der Waals surface area contributed by atoms with Crippen LogP contribution in [-0.2, 0) is 9.59 Å². The number of ketones is 2. The van der Waals surface area contributed by atoms with Gasteiger partial charge in [0.25, 0.3) is 0 Å². The first-order chi connectivity index (χ1) is 19.1. The number of fused-ring (bicyclic) bond motifs is 7. The molecular formula is C37H51NO2S. The van der Waals surface area contributed by atoms with Crippen molar-refractivity contribution in [2.75, 3.05) is 5.75 Å². The molecule has 0 bridgehead atoms. The number of nitriles is 1. The molecular weight excluding hydrogens is 522 g/mol. The van der Waals surface area contributed by atoms with Gasteiger partial charge in [0.2, 0.25) is 0 Å². The van der Waals surface area contributed by atoms with Gasteiger partial charge in [0.05, 0.1) is 6.07 Å². The Morgan fingerprint density at radius 1 is 0.854 bits per heavy atom. The molecule has 0 saturated heterocycles. The van der Waals surface area contributed by atoms with Crippen molar-refractivity contribution >= 4 is 23.3 Å². The number of hydrogen-bond donors (Lipinski definition) is 0. The van der Waals surface area contributed by atoms with Crippen LogP contribution in [0.5, 0.6) is 0 Å². The predicted octanol–water partition coefficient (Wildman–Crippen LogP) is 9.16. The van der Waals surface area contributed by atoms with Gasteiger partial charge >= 0.3 is 0 Å². The van der Waals surface area contributed by atoms with E-state index in [1.165, 1.54) is 24.2 Å². The van der Waals surface area contributed by atoms with E-state index in [-0.39, 0.29) is 50.6 Å². The zero-order chi connectivity index (χ0) is 29.6. The number of nitrogens with zero attached hydrogens (tertiary/aromatic N) is 1. The lowest BCUT2D eigenvalue weighted by molar-refractivity contribution is -0.234. The fourth-order valence-corrected chi connectivity index (χ4v) is 13.2. The molecule has 0 aromatic heterocycles. The van der Waals surface area contributed by atoms with E-state index in [4.69, 9.17) is 0 Å². The fourth-order valence-electron chi connectivity index (χ4n) is 11.9. The molecule has 1 aromatic carbocycles. The summed E-state index contributed by atoms with van der Waals surface area (Å²) in [5, 5.41) is 10.0. The number of carbonyl (C=O) groups is 2. The molecule has 0 aliphatic heterocycles. The van der Waals surface area contributed by atoms with Crippen molar-refractivity contribution in [1.29, 1.82) is 5.26 Å². The van der Waals surface area contributed by atoms with Gasteiger partial charge in [-0.15, -0.1) is 11.8 Å². The van der Waals surface area contributed by atoms with Crippen LogP contribution >= 0.6 is 11.8 Å². The van der Waals surface area contributed by atoms with Gasteiger partial charge in [-0.25, -0.2) is 0 Å². The molecule has 5 saturated carbocycles. The molecule has 0 spiro atoms. The van der Waals surface area contributed by atoms with Crippen LogP contribution < -0.4 is 0 Å². The monoisotopic (exact) mass is 573 g/mol. The molecule has 1 aromatic rings. The molecule has 222 valence electrons. The Balaban J connectivity index is 1.39. The Hall–Kier alpha value is -1.60. The summed E-state index contributed by atoms with van der Waals surface area (Å²) in [6, 6.07) is 13.2. The highest BCUT2D eigenvalue weighted by atomic mass is 32.2. The molecule has 0 heterocycles. The smallest absolute Gasteiger partial charge is 0.155 e. The second kappa shape index (κ2) is 9.45. The molecule has 4 heteroatoms. The average molecular weight is 574 g/mol. The van der Waals surface area contributed by atoms with Crippen molar-refractivity contribution < 1.29 is 9.59 Å². The standard InChI is InChI=1S/C37H51NO2S/c1-32(2)15-17-37(23-41-25-11-9-8-10-12-25)18-16-36(7)30(26(37)21-32)27(39)19-29-34(5)20-24(22-38)31(40)33(3,4)28(34)13-14-35(29,36)6/h8-12,24,26,28-30H,13-21,23H2,1-7H3/t24?,26-,28-,29+,30-,34-,35+,36+,37+/m0/s1. The highest BCUT2D eigenvalue weighted by molar-refractivity contribution is 7.99. The predicted molar refractivity (Wildman–Crippen MR) is 166 cm³/mol. The molecule has 5 aliphatic carbocycles. The van der Waals surface area contributed by atoms with E-state index in [0.717, 1.165) is 31.4 Å². The first-order valence-corrected chi connectivity index (χ1v) is 17.3. The Morgan fingerprint density at radius 3 is 2.22 bits per heavy atom. The van der Waals surface area contributed by atoms with Gasteiger partial charge in [0.15, 0.2) is 5.78 Å². The summed E-state index contributed by atoms with van der Waals surface area (Å²) in [5.74, 6) is 2.17. The third-order valence-electron chi connectivity index (χ3n) is 14.4. The average Bonchev–Trinajstić information content (AvgIpc) is 2.92. The Labute approximate surface area is 253 Å². The largest absolute Gasteiger partial charge is 0.299 e. The van der Waals surface area contributed by atoms with Crippen LogP contribution in [0.3, 0.4) is 0 Å². The summed E-state index contributed by atoms with van der Waals surface area (Å²) in [4.78, 5) is 29.5. The van der Waals surface area contributed by atoms with E-state index in [0.29, 0.717) is 24.5 Å². The minimum atomic E-state index is -0.553. The lowest BCUT2D eigenvalue weighted by atomic mass is 9.31. The van der Waals surface area contributed by atoms with Gasteiger partial charge in [0, 0.05) is 28.4 Å². The minimum absolute atomic E-state index is 0.0353. The van der Waals surface area contributed by atoms with Crippen LogP contribution in [-0.4, -0.2) is 17.3 Å².